The Bertz CT molecular complexity index is 1420. The maximum Gasteiger partial charge on any atom is 0.261 e. The number of amides is 1. The Morgan fingerprint density at radius 2 is 1.76 bits per heavy atom. The van der Waals surface area contributed by atoms with Crippen molar-refractivity contribution in [1.29, 1.82) is 0 Å². The first kappa shape index (κ1) is 22.7. The summed E-state index contributed by atoms with van der Waals surface area (Å²) < 4.78 is 40.5. The van der Waals surface area contributed by atoms with Crippen molar-refractivity contribution < 1.29 is 22.7 Å². The van der Waals surface area contributed by atoms with Crippen molar-refractivity contribution in [2.24, 2.45) is 0 Å². The number of hydrogen-bond donors (Lipinski definition) is 2. The molecule has 4 rings (SSSR count). The largest absolute Gasteiger partial charge is 0.497 e. The number of methoxy groups -OCH3 is 2. The molecule has 0 saturated heterocycles. The number of hydrogen-bond acceptors (Lipinski definition) is 8. The maximum absolute atomic E-state index is 13.1. The quantitative estimate of drug-likeness (QED) is 0.393. The number of nitrogens with one attached hydrogen (secondary N) is 2. The number of carbonyl (C=O) groups excluding carboxylic acids is 1. The van der Waals surface area contributed by atoms with Gasteiger partial charge in [0.05, 0.1) is 41.7 Å². The smallest absolute Gasteiger partial charge is 0.261 e. The lowest BCUT2D eigenvalue weighted by Crippen LogP contribution is -2.19. The molecule has 34 heavy (non-hydrogen) atoms. The normalized spacial score (nSPS) is 11.0. The molecule has 3 aromatic carbocycles. The lowest BCUT2D eigenvalue weighted by Gasteiger charge is -2.15. The summed E-state index contributed by atoms with van der Waals surface area (Å²) in [5.74, 6) is 0.432. The number of anilines is 2. The SMILES string of the molecule is COc1ccc(NC(=O)c2ccccc2NS(=O)(=O)c2cccc(-n3cnnn3)c2)c(OC)c1. The fourth-order valence-electron chi connectivity index (χ4n) is 3.14. The standard InChI is InChI=1S/C22H20N6O5S/c1-32-16-10-11-20(21(13-16)33-2)24-22(29)18-8-3-4-9-19(18)25-34(30,31)17-7-5-6-15(12-17)28-14-23-26-27-28/h3-14,25H,1-2H3,(H,24,29). The van der Waals surface area contributed by atoms with Crippen molar-refractivity contribution >= 4 is 27.3 Å². The fraction of sp³-hybridized carbons (Fsp3) is 0.0909. The number of carbonyl (C=O) groups is 1. The van der Waals surface area contributed by atoms with Gasteiger partial charge in [-0.2, -0.15) is 0 Å². The molecule has 2 N–H and O–H groups in total. The molecule has 0 aliphatic carbocycles. The van der Waals surface area contributed by atoms with Crippen molar-refractivity contribution in [3.05, 3.63) is 78.6 Å². The van der Waals surface area contributed by atoms with Gasteiger partial charge in [-0.25, -0.2) is 13.1 Å². The average Bonchev–Trinajstić information content (AvgIpc) is 3.39. The van der Waals surface area contributed by atoms with Crippen molar-refractivity contribution in [3.8, 4) is 17.2 Å². The van der Waals surface area contributed by atoms with E-state index in [-0.39, 0.29) is 16.1 Å². The third-order valence-corrected chi connectivity index (χ3v) is 6.18. The third-order valence-electron chi connectivity index (χ3n) is 4.81. The van der Waals surface area contributed by atoms with E-state index >= 15 is 0 Å². The average molecular weight is 481 g/mol. The van der Waals surface area contributed by atoms with Crippen molar-refractivity contribution in [2.75, 3.05) is 24.3 Å². The predicted octanol–water partition coefficient (Wildman–Crippen LogP) is 2.73. The molecule has 1 aromatic heterocycles. The molecule has 0 atom stereocenters. The molecule has 0 radical (unpaired) electrons. The zero-order chi connectivity index (χ0) is 24.1. The van der Waals surface area contributed by atoms with Gasteiger partial charge in [-0.05, 0) is 52.9 Å². The summed E-state index contributed by atoms with van der Waals surface area (Å²) in [4.78, 5) is 13.0. The van der Waals surface area contributed by atoms with E-state index in [0.717, 1.165) is 0 Å². The highest BCUT2D eigenvalue weighted by molar-refractivity contribution is 7.92. The molecular weight excluding hydrogens is 460 g/mol. The Morgan fingerprint density at radius 3 is 2.50 bits per heavy atom. The Balaban J connectivity index is 1.61. The first-order valence-electron chi connectivity index (χ1n) is 9.90. The summed E-state index contributed by atoms with van der Waals surface area (Å²) in [7, 11) is -1.04. The number of rotatable bonds is 8. The molecule has 1 amide bonds. The molecule has 0 bridgehead atoms. The van der Waals surface area contributed by atoms with E-state index in [1.165, 1.54) is 49.5 Å². The monoisotopic (exact) mass is 480 g/mol. The molecule has 1 heterocycles. The van der Waals surface area contributed by atoms with Crippen LogP contribution in [0.5, 0.6) is 11.5 Å². The number of sulfonamides is 1. The third kappa shape index (κ3) is 4.81. The molecule has 0 aliphatic rings. The minimum atomic E-state index is -4.03. The van der Waals surface area contributed by atoms with Crippen molar-refractivity contribution in [1.82, 2.24) is 20.2 Å². The highest BCUT2D eigenvalue weighted by Gasteiger charge is 2.20. The zero-order valence-corrected chi connectivity index (χ0v) is 19.0. The summed E-state index contributed by atoms with van der Waals surface area (Å²) in [5.41, 5.74) is 1.10. The predicted molar refractivity (Wildman–Crippen MR) is 124 cm³/mol. The van der Waals surface area contributed by atoms with Crippen LogP contribution < -0.4 is 19.5 Å². The van der Waals surface area contributed by atoms with E-state index in [2.05, 4.69) is 25.6 Å². The second-order valence-electron chi connectivity index (χ2n) is 6.92. The molecule has 0 spiro atoms. The molecule has 174 valence electrons. The van der Waals surface area contributed by atoms with Gasteiger partial charge in [0.1, 0.15) is 17.8 Å². The van der Waals surface area contributed by atoms with Gasteiger partial charge in [-0.15, -0.1) is 5.10 Å². The lowest BCUT2D eigenvalue weighted by atomic mass is 10.1. The van der Waals surface area contributed by atoms with Crippen LogP contribution in [-0.2, 0) is 10.0 Å². The van der Waals surface area contributed by atoms with Crippen LogP contribution in [-0.4, -0.2) is 48.8 Å². The molecular formula is C22H20N6O5S. The molecule has 12 heteroatoms. The first-order chi connectivity index (χ1) is 16.4. The van der Waals surface area contributed by atoms with Crippen LogP contribution in [0.1, 0.15) is 10.4 Å². The van der Waals surface area contributed by atoms with E-state index in [4.69, 9.17) is 9.47 Å². The first-order valence-corrected chi connectivity index (χ1v) is 11.4. The van der Waals surface area contributed by atoms with Crippen LogP contribution in [0.25, 0.3) is 5.69 Å². The van der Waals surface area contributed by atoms with Crippen LogP contribution in [0.15, 0.2) is 78.0 Å². The second kappa shape index (κ2) is 9.58. The van der Waals surface area contributed by atoms with Gasteiger partial charge in [0, 0.05) is 6.07 Å². The van der Waals surface area contributed by atoms with Crippen LogP contribution in [0, 0.1) is 0 Å². The van der Waals surface area contributed by atoms with Crippen molar-refractivity contribution in [3.63, 3.8) is 0 Å². The maximum atomic E-state index is 13.1. The van der Waals surface area contributed by atoms with Gasteiger partial charge in [0.2, 0.25) is 0 Å². The lowest BCUT2D eigenvalue weighted by molar-refractivity contribution is 0.102. The summed E-state index contributed by atoms with van der Waals surface area (Å²) >= 11 is 0. The van der Waals surface area contributed by atoms with E-state index in [1.54, 1.807) is 42.5 Å². The molecule has 11 nitrogen and oxygen atoms in total. The minimum absolute atomic E-state index is 0.0208. The number of nitrogens with zero attached hydrogens (tertiary/aromatic N) is 4. The van der Waals surface area contributed by atoms with Crippen LogP contribution in [0.3, 0.4) is 0 Å². The second-order valence-corrected chi connectivity index (χ2v) is 8.61. The summed E-state index contributed by atoms with van der Waals surface area (Å²) in [5, 5.41) is 13.6. The van der Waals surface area contributed by atoms with E-state index in [1.807, 2.05) is 0 Å². The Labute approximate surface area is 195 Å². The Kier molecular flexibility index (Phi) is 6.41. The summed E-state index contributed by atoms with van der Waals surface area (Å²) in [6, 6.07) is 17.3. The van der Waals surface area contributed by atoms with Gasteiger partial charge >= 0.3 is 0 Å². The van der Waals surface area contributed by atoms with E-state index in [9.17, 15) is 13.2 Å². The van der Waals surface area contributed by atoms with Crippen LogP contribution in [0.4, 0.5) is 11.4 Å². The van der Waals surface area contributed by atoms with Gasteiger partial charge in [0.25, 0.3) is 15.9 Å². The molecule has 0 saturated carbocycles. The minimum Gasteiger partial charge on any atom is -0.497 e. The van der Waals surface area contributed by atoms with Crippen LogP contribution >= 0.6 is 0 Å². The van der Waals surface area contributed by atoms with E-state index < -0.39 is 15.9 Å². The van der Waals surface area contributed by atoms with Gasteiger partial charge < -0.3 is 14.8 Å². The van der Waals surface area contributed by atoms with Gasteiger partial charge in [0.15, 0.2) is 0 Å². The van der Waals surface area contributed by atoms with Gasteiger partial charge in [-0.3, -0.25) is 9.52 Å². The Morgan fingerprint density at radius 1 is 0.941 bits per heavy atom. The molecule has 4 aromatic rings. The summed E-state index contributed by atoms with van der Waals surface area (Å²) in [6.07, 6.45) is 1.35. The van der Waals surface area contributed by atoms with Crippen molar-refractivity contribution in [2.45, 2.75) is 4.90 Å². The summed E-state index contributed by atoms with van der Waals surface area (Å²) in [6.45, 7) is 0. The number of aromatic nitrogens is 4. The highest BCUT2D eigenvalue weighted by Crippen LogP contribution is 2.30. The number of para-hydroxylation sites is 1. The number of tetrazole rings is 1. The Hall–Kier alpha value is -4.45. The number of benzene rings is 3. The van der Waals surface area contributed by atoms with E-state index in [0.29, 0.717) is 22.9 Å². The molecule has 0 unspecified atom stereocenters. The fourth-order valence-corrected chi connectivity index (χ4v) is 4.26. The van der Waals surface area contributed by atoms with Gasteiger partial charge in [-0.1, -0.05) is 18.2 Å². The number of ether oxygens (including phenoxy) is 2. The zero-order valence-electron chi connectivity index (χ0n) is 18.2. The molecule has 0 aliphatic heterocycles. The molecule has 0 fully saturated rings. The topological polar surface area (TPSA) is 137 Å². The van der Waals surface area contributed by atoms with Crippen LogP contribution in [0.2, 0.25) is 0 Å². The highest BCUT2D eigenvalue weighted by atomic mass is 32.2.